The number of aromatic hydroxyl groups is 1. The second-order valence-corrected chi connectivity index (χ2v) is 4.56. The number of rotatable bonds is 4. The fourth-order valence-corrected chi connectivity index (χ4v) is 1.94. The molecule has 8 heteroatoms. The number of aryl methyl sites for hydroxylation is 1. The first-order valence-corrected chi connectivity index (χ1v) is 6.50. The number of hydrogen-bond acceptors (Lipinski definition) is 6. The van der Waals surface area contributed by atoms with E-state index in [-0.39, 0.29) is 18.0 Å². The van der Waals surface area contributed by atoms with Crippen LogP contribution in [0.2, 0.25) is 0 Å². The molecule has 2 heterocycles. The summed E-state index contributed by atoms with van der Waals surface area (Å²) in [7, 11) is 1.52. The first-order valence-electron chi connectivity index (χ1n) is 6.50. The van der Waals surface area contributed by atoms with Crippen LogP contribution in [-0.4, -0.2) is 29.9 Å². The molecule has 0 fully saturated rings. The summed E-state index contributed by atoms with van der Waals surface area (Å²) in [4.78, 5) is 16.0. The van der Waals surface area contributed by atoms with Crippen LogP contribution in [0.4, 0.5) is 0 Å². The van der Waals surface area contributed by atoms with E-state index < -0.39 is 0 Å². The zero-order valence-corrected chi connectivity index (χ0v) is 11.7. The highest BCUT2D eigenvalue weighted by Crippen LogP contribution is 2.25. The number of tetrazole rings is 1. The van der Waals surface area contributed by atoms with Crippen molar-refractivity contribution in [3.05, 3.63) is 58.8 Å². The summed E-state index contributed by atoms with van der Waals surface area (Å²) >= 11 is 0. The summed E-state index contributed by atoms with van der Waals surface area (Å²) in [5.41, 5.74) is 0.812. The molecule has 0 amide bonds. The normalized spacial score (nSPS) is 10.6. The van der Waals surface area contributed by atoms with Gasteiger partial charge in [0.05, 0.1) is 5.69 Å². The molecular formula is C14H13N5O3. The molecule has 0 bridgehead atoms. The van der Waals surface area contributed by atoms with Crippen molar-refractivity contribution in [3.63, 3.8) is 0 Å². The quantitative estimate of drug-likeness (QED) is 0.760. The summed E-state index contributed by atoms with van der Waals surface area (Å²) in [6.45, 7) is 0.129. The molecule has 2 aromatic heterocycles. The number of ether oxygens (including phenoxy) is 1. The molecule has 0 spiro atoms. The third-order valence-corrected chi connectivity index (χ3v) is 3.08. The topological polar surface area (TPSA) is 95.1 Å². The molecule has 0 aliphatic carbocycles. The van der Waals surface area contributed by atoms with Gasteiger partial charge in [-0.3, -0.25) is 4.98 Å². The summed E-state index contributed by atoms with van der Waals surface area (Å²) in [6.07, 6.45) is 3.14. The Morgan fingerprint density at radius 1 is 1.23 bits per heavy atom. The van der Waals surface area contributed by atoms with Crippen LogP contribution in [0, 0.1) is 0 Å². The predicted octanol–water partition coefficient (Wildman–Crippen LogP) is 0.646. The second kappa shape index (κ2) is 5.68. The molecule has 112 valence electrons. The third-order valence-electron chi connectivity index (χ3n) is 3.08. The van der Waals surface area contributed by atoms with E-state index in [1.165, 1.54) is 17.8 Å². The Labute approximate surface area is 125 Å². The van der Waals surface area contributed by atoms with Crippen LogP contribution in [0.5, 0.6) is 11.5 Å². The molecule has 1 aromatic carbocycles. The summed E-state index contributed by atoms with van der Waals surface area (Å²) in [5, 5.41) is 17.2. The van der Waals surface area contributed by atoms with Gasteiger partial charge in [0.15, 0.2) is 11.5 Å². The first-order chi connectivity index (χ1) is 10.7. The zero-order chi connectivity index (χ0) is 15.5. The van der Waals surface area contributed by atoms with E-state index in [2.05, 4.69) is 15.4 Å². The van der Waals surface area contributed by atoms with Gasteiger partial charge in [-0.1, -0.05) is 12.1 Å². The standard InChI is InChI=1S/C14H13N5O3/c1-18-14(21)19(17-16-18)11-6-7-15-8-10(11)9-22-13-5-3-2-4-12(13)20/h2-8,20H,9H2,1H3. The second-order valence-electron chi connectivity index (χ2n) is 4.56. The van der Waals surface area contributed by atoms with E-state index in [9.17, 15) is 9.90 Å². The molecule has 8 nitrogen and oxygen atoms in total. The van der Waals surface area contributed by atoms with E-state index in [1.807, 2.05) is 0 Å². The molecule has 1 N–H and O–H groups in total. The van der Waals surface area contributed by atoms with E-state index in [0.717, 1.165) is 4.68 Å². The lowest BCUT2D eigenvalue weighted by atomic mass is 10.2. The molecule has 3 rings (SSSR count). The van der Waals surface area contributed by atoms with Crippen molar-refractivity contribution < 1.29 is 9.84 Å². The number of phenolic OH excluding ortho intramolecular Hbond substituents is 1. The number of para-hydroxylation sites is 2. The average Bonchev–Trinajstić information content (AvgIpc) is 2.86. The van der Waals surface area contributed by atoms with Gasteiger partial charge in [0.25, 0.3) is 0 Å². The molecule has 0 aliphatic rings. The smallest absolute Gasteiger partial charge is 0.368 e. The van der Waals surface area contributed by atoms with Crippen LogP contribution in [0.3, 0.4) is 0 Å². The largest absolute Gasteiger partial charge is 0.504 e. The number of nitrogens with zero attached hydrogens (tertiary/aromatic N) is 5. The maximum absolute atomic E-state index is 11.9. The summed E-state index contributed by atoms with van der Waals surface area (Å²) < 4.78 is 7.88. The fourth-order valence-electron chi connectivity index (χ4n) is 1.94. The predicted molar refractivity (Wildman–Crippen MR) is 76.8 cm³/mol. The van der Waals surface area contributed by atoms with Gasteiger partial charge in [0, 0.05) is 25.0 Å². The molecule has 22 heavy (non-hydrogen) atoms. The third kappa shape index (κ3) is 2.53. The van der Waals surface area contributed by atoms with E-state index in [0.29, 0.717) is 17.0 Å². The molecule has 0 saturated heterocycles. The monoisotopic (exact) mass is 299 g/mol. The van der Waals surface area contributed by atoms with Crippen LogP contribution in [0.1, 0.15) is 5.56 Å². The highest BCUT2D eigenvalue weighted by molar-refractivity contribution is 5.40. The van der Waals surface area contributed by atoms with Crippen molar-refractivity contribution in [2.75, 3.05) is 0 Å². The van der Waals surface area contributed by atoms with E-state index in [4.69, 9.17) is 4.74 Å². The van der Waals surface area contributed by atoms with Crippen molar-refractivity contribution in [3.8, 4) is 17.2 Å². The van der Waals surface area contributed by atoms with Crippen LogP contribution < -0.4 is 10.4 Å². The lowest BCUT2D eigenvalue weighted by molar-refractivity contribution is 0.288. The lowest BCUT2D eigenvalue weighted by Crippen LogP contribution is -2.23. The summed E-state index contributed by atoms with van der Waals surface area (Å²) in [5.74, 6) is 0.397. The Morgan fingerprint density at radius 3 is 2.77 bits per heavy atom. The number of benzene rings is 1. The van der Waals surface area contributed by atoms with E-state index in [1.54, 1.807) is 36.7 Å². The molecule has 0 radical (unpaired) electrons. The minimum Gasteiger partial charge on any atom is -0.504 e. The summed E-state index contributed by atoms with van der Waals surface area (Å²) in [6, 6.07) is 8.30. The first kappa shape index (κ1) is 13.8. The average molecular weight is 299 g/mol. The molecule has 0 atom stereocenters. The van der Waals surface area contributed by atoms with Crippen molar-refractivity contribution in [2.24, 2.45) is 7.05 Å². The van der Waals surface area contributed by atoms with Crippen molar-refractivity contribution in [1.29, 1.82) is 0 Å². The SMILES string of the molecule is Cn1nnn(-c2ccncc2COc2ccccc2O)c1=O. The zero-order valence-electron chi connectivity index (χ0n) is 11.7. The van der Waals surface area contributed by atoms with Crippen molar-refractivity contribution in [1.82, 2.24) is 24.8 Å². The van der Waals surface area contributed by atoms with Crippen LogP contribution in [0.15, 0.2) is 47.5 Å². The van der Waals surface area contributed by atoms with Gasteiger partial charge in [-0.25, -0.2) is 4.79 Å². The Balaban J connectivity index is 1.91. The number of pyridine rings is 1. The molecular weight excluding hydrogens is 286 g/mol. The van der Waals surface area contributed by atoms with Gasteiger partial charge < -0.3 is 9.84 Å². The number of aromatic nitrogens is 5. The van der Waals surface area contributed by atoms with Gasteiger partial charge in [0.2, 0.25) is 0 Å². The Morgan fingerprint density at radius 2 is 2.05 bits per heavy atom. The van der Waals surface area contributed by atoms with Crippen molar-refractivity contribution >= 4 is 0 Å². The molecule has 0 unspecified atom stereocenters. The minimum absolute atomic E-state index is 0.0459. The lowest BCUT2D eigenvalue weighted by Gasteiger charge is -2.10. The fraction of sp³-hybridized carbons (Fsp3) is 0.143. The van der Waals surface area contributed by atoms with Crippen LogP contribution >= 0.6 is 0 Å². The van der Waals surface area contributed by atoms with Crippen molar-refractivity contribution in [2.45, 2.75) is 6.61 Å². The Kier molecular flexibility index (Phi) is 3.57. The van der Waals surface area contributed by atoms with Crippen LogP contribution in [0.25, 0.3) is 5.69 Å². The Hall–Kier alpha value is -3.16. The molecule has 0 saturated carbocycles. The highest BCUT2D eigenvalue weighted by Gasteiger charge is 2.12. The Bertz CT molecular complexity index is 855. The molecule has 0 aliphatic heterocycles. The maximum atomic E-state index is 11.9. The van der Waals surface area contributed by atoms with Gasteiger partial charge in [-0.05, 0) is 28.6 Å². The van der Waals surface area contributed by atoms with Gasteiger partial charge >= 0.3 is 5.69 Å². The van der Waals surface area contributed by atoms with Gasteiger partial charge in [-0.15, -0.1) is 0 Å². The van der Waals surface area contributed by atoms with Gasteiger partial charge in [-0.2, -0.15) is 9.36 Å². The minimum atomic E-state index is -0.366. The van der Waals surface area contributed by atoms with Gasteiger partial charge in [0.1, 0.15) is 6.61 Å². The molecule has 3 aromatic rings. The highest BCUT2D eigenvalue weighted by atomic mass is 16.5. The number of phenols is 1. The van der Waals surface area contributed by atoms with E-state index >= 15 is 0 Å². The number of hydrogen-bond donors (Lipinski definition) is 1. The maximum Gasteiger partial charge on any atom is 0.368 e. The van der Waals surface area contributed by atoms with Crippen LogP contribution in [-0.2, 0) is 13.7 Å².